The van der Waals surface area contributed by atoms with Crippen LogP contribution in [0, 0.1) is 0 Å². The molecule has 0 atom stereocenters. The van der Waals surface area contributed by atoms with Gasteiger partial charge in [0, 0.05) is 36.4 Å². The zero-order valence-electron chi connectivity index (χ0n) is 19.8. The number of piperidine rings is 1. The number of hydrogen-bond donors (Lipinski definition) is 1. The molecule has 0 unspecified atom stereocenters. The van der Waals surface area contributed by atoms with Crippen LogP contribution < -0.4 is 14.5 Å². The van der Waals surface area contributed by atoms with Gasteiger partial charge >= 0.3 is 0 Å². The van der Waals surface area contributed by atoms with Crippen LogP contribution in [0.3, 0.4) is 0 Å². The molecule has 4 aromatic rings. The number of ether oxygens (including phenoxy) is 1. The Morgan fingerprint density at radius 1 is 0.861 bits per heavy atom. The summed E-state index contributed by atoms with van der Waals surface area (Å²) < 4.78 is 6.95. The van der Waals surface area contributed by atoms with E-state index in [-0.39, 0.29) is 11.8 Å². The average molecular weight is 484 g/mol. The maximum atomic E-state index is 13.9. The molecule has 0 radical (unpaired) electrons. The second kappa shape index (κ2) is 8.95. The topological polar surface area (TPSA) is 109 Å². The summed E-state index contributed by atoms with van der Waals surface area (Å²) in [4.78, 5) is 34.1. The van der Waals surface area contributed by atoms with Crippen LogP contribution in [0.5, 0.6) is 5.75 Å². The largest absolute Gasteiger partial charge is 0.497 e. The number of carbonyl (C=O) groups is 2. The fraction of sp³-hybridized carbons (Fsp3) is 0.269. The summed E-state index contributed by atoms with van der Waals surface area (Å²) in [5.41, 5.74) is 4.33. The predicted octanol–water partition coefficient (Wildman–Crippen LogP) is 3.39. The zero-order valence-corrected chi connectivity index (χ0v) is 19.8. The summed E-state index contributed by atoms with van der Waals surface area (Å²) in [6.07, 6.45) is 4.57. The van der Waals surface area contributed by atoms with Crippen LogP contribution in [0.1, 0.15) is 35.3 Å². The molecule has 1 saturated heterocycles. The fourth-order valence-corrected chi connectivity index (χ4v) is 4.92. The molecular formula is C26H25N7O3. The number of rotatable bonds is 5. The zero-order chi connectivity index (χ0) is 24.6. The number of nitrogens with one attached hydrogen (secondary N) is 1. The van der Waals surface area contributed by atoms with E-state index in [1.165, 1.54) is 6.33 Å². The summed E-state index contributed by atoms with van der Waals surface area (Å²) in [5, 5.41) is 11.6. The van der Waals surface area contributed by atoms with Crippen LogP contribution in [0.15, 0.2) is 54.9 Å². The van der Waals surface area contributed by atoms with Gasteiger partial charge in [0.15, 0.2) is 5.82 Å². The standard InChI is InChI=1S/C26H25N7O3/c1-36-20-11-9-19(10-12-20)33-24-21(23(30-33)25-27-16-28-29-25)13-15-32(26(24)35)18-7-5-17(6-8-18)31-14-3-2-4-22(31)34/h5-12,16H,2-4,13-15H2,1H3,(H,27,28,29). The molecule has 0 bridgehead atoms. The number of benzene rings is 2. The average Bonchev–Trinajstić information content (AvgIpc) is 3.58. The highest BCUT2D eigenvalue weighted by atomic mass is 16.5. The third kappa shape index (κ3) is 3.71. The number of fused-ring (bicyclic) bond motifs is 1. The number of hydrogen-bond acceptors (Lipinski definition) is 6. The van der Waals surface area contributed by atoms with Gasteiger partial charge in [0.05, 0.1) is 12.8 Å². The number of anilines is 2. The molecule has 1 N–H and O–H groups in total. The number of aromatic amines is 1. The number of amides is 2. The molecule has 0 saturated carbocycles. The van der Waals surface area contributed by atoms with Crippen LogP contribution in [-0.4, -0.2) is 57.0 Å². The summed E-state index contributed by atoms with van der Waals surface area (Å²) in [6.45, 7) is 1.24. The van der Waals surface area contributed by atoms with E-state index in [2.05, 4.69) is 15.2 Å². The summed E-state index contributed by atoms with van der Waals surface area (Å²) >= 11 is 0. The molecule has 4 heterocycles. The molecule has 182 valence electrons. The van der Waals surface area contributed by atoms with Crippen molar-refractivity contribution >= 4 is 23.2 Å². The molecule has 10 nitrogen and oxygen atoms in total. The smallest absolute Gasteiger partial charge is 0.277 e. The van der Waals surface area contributed by atoms with Crippen LogP contribution in [0.2, 0.25) is 0 Å². The predicted molar refractivity (Wildman–Crippen MR) is 134 cm³/mol. The van der Waals surface area contributed by atoms with Crippen molar-refractivity contribution < 1.29 is 14.3 Å². The molecule has 0 aliphatic carbocycles. The minimum absolute atomic E-state index is 0.146. The van der Waals surface area contributed by atoms with E-state index in [9.17, 15) is 9.59 Å². The lowest BCUT2D eigenvalue weighted by Gasteiger charge is -2.29. The molecule has 2 amide bonds. The molecule has 6 rings (SSSR count). The van der Waals surface area contributed by atoms with E-state index >= 15 is 0 Å². The Bertz CT molecular complexity index is 1410. The number of methoxy groups -OCH3 is 1. The Morgan fingerprint density at radius 2 is 1.58 bits per heavy atom. The quantitative estimate of drug-likeness (QED) is 0.466. The number of H-pyrrole nitrogens is 1. The van der Waals surface area contributed by atoms with Crippen molar-refractivity contribution in [1.29, 1.82) is 0 Å². The van der Waals surface area contributed by atoms with Crippen molar-refractivity contribution in [3.8, 4) is 23.0 Å². The normalized spacial score (nSPS) is 15.8. The maximum Gasteiger partial charge on any atom is 0.277 e. The fourth-order valence-electron chi connectivity index (χ4n) is 4.92. The van der Waals surface area contributed by atoms with Gasteiger partial charge in [0.25, 0.3) is 5.91 Å². The Balaban J connectivity index is 1.37. The van der Waals surface area contributed by atoms with Crippen LogP contribution >= 0.6 is 0 Å². The monoisotopic (exact) mass is 483 g/mol. The van der Waals surface area contributed by atoms with E-state index in [4.69, 9.17) is 9.84 Å². The van der Waals surface area contributed by atoms with Crippen molar-refractivity contribution in [2.24, 2.45) is 0 Å². The molecule has 2 aromatic heterocycles. The van der Waals surface area contributed by atoms with Gasteiger partial charge < -0.3 is 14.5 Å². The molecule has 2 aliphatic heterocycles. The third-order valence-corrected chi connectivity index (χ3v) is 6.77. The first-order valence-corrected chi connectivity index (χ1v) is 12.0. The summed E-state index contributed by atoms with van der Waals surface area (Å²) in [5.74, 6) is 1.24. The lowest BCUT2D eigenvalue weighted by atomic mass is 10.0. The van der Waals surface area contributed by atoms with E-state index in [1.807, 2.05) is 53.4 Å². The van der Waals surface area contributed by atoms with Crippen molar-refractivity contribution in [2.75, 3.05) is 30.0 Å². The number of carbonyl (C=O) groups excluding carboxylic acids is 2. The first-order chi connectivity index (χ1) is 17.6. The molecule has 0 spiro atoms. The van der Waals surface area contributed by atoms with Crippen molar-refractivity contribution in [1.82, 2.24) is 25.0 Å². The lowest BCUT2D eigenvalue weighted by molar-refractivity contribution is -0.119. The van der Waals surface area contributed by atoms with E-state index < -0.39 is 0 Å². The van der Waals surface area contributed by atoms with Crippen molar-refractivity contribution in [3.05, 3.63) is 66.1 Å². The lowest BCUT2D eigenvalue weighted by Crippen LogP contribution is -2.39. The van der Waals surface area contributed by atoms with Gasteiger partial charge in [-0.3, -0.25) is 14.7 Å². The minimum atomic E-state index is -0.146. The third-order valence-electron chi connectivity index (χ3n) is 6.77. The van der Waals surface area contributed by atoms with E-state index in [0.29, 0.717) is 36.6 Å². The van der Waals surface area contributed by atoms with Gasteiger partial charge in [-0.05, 0) is 67.8 Å². The van der Waals surface area contributed by atoms with Crippen molar-refractivity contribution in [2.45, 2.75) is 25.7 Å². The number of nitrogens with zero attached hydrogens (tertiary/aromatic N) is 6. The van der Waals surface area contributed by atoms with Crippen molar-refractivity contribution in [3.63, 3.8) is 0 Å². The van der Waals surface area contributed by atoms with Gasteiger partial charge in [-0.2, -0.15) is 10.2 Å². The molecule has 2 aromatic carbocycles. The Kier molecular flexibility index (Phi) is 5.48. The number of aromatic nitrogens is 5. The van der Waals surface area contributed by atoms with Gasteiger partial charge in [0.1, 0.15) is 23.5 Å². The molecule has 2 aliphatic rings. The Hall–Kier alpha value is -4.47. The first-order valence-electron chi connectivity index (χ1n) is 12.0. The van der Waals surface area contributed by atoms with Gasteiger partial charge in [0.2, 0.25) is 5.91 Å². The highest BCUT2D eigenvalue weighted by Crippen LogP contribution is 2.33. The second-order valence-corrected chi connectivity index (χ2v) is 8.85. The molecule has 10 heteroatoms. The first kappa shape index (κ1) is 22.0. The van der Waals surface area contributed by atoms with Crippen LogP contribution in [-0.2, 0) is 11.2 Å². The minimum Gasteiger partial charge on any atom is -0.497 e. The Labute approximate surface area is 207 Å². The molecular weight excluding hydrogens is 458 g/mol. The van der Waals surface area contributed by atoms with Crippen LogP contribution in [0.25, 0.3) is 17.2 Å². The van der Waals surface area contributed by atoms with Gasteiger partial charge in [-0.25, -0.2) is 9.67 Å². The SMILES string of the molecule is COc1ccc(-n2nc(-c3ncn[nH]3)c3c2C(=O)N(c2ccc(N4CCCCC4=O)cc2)CC3)cc1. The van der Waals surface area contributed by atoms with Gasteiger partial charge in [-0.15, -0.1) is 0 Å². The summed E-state index contributed by atoms with van der Waals surface area (Å²) in [7, 11) is 1.61. The summed E-state index contributed by atoms with van der Waals surface area (Å²) in [6, 6.07) is 15.1. The second-order valence-electron chi connectivity index (χ2n) is 8.85. The molecule has 1 fully saturated rings. The highest BCUT2D eigenvalue weighted by molar-refractivity contribution is 6.08. The van der Waals surface area contributed by atoms with Crippen LogP contribution in [0.4, 0.5) is 11.4 Å². The maximum absolute atomic E-state index is 13.9. The highest BCUT2D eigenvalue weighted by Gasteiger charge is 2.34. The molecule has 36 heavy (non-hydrogen) atoms. The van der Waals surface area contributed by atoms with E-state index in [1.54, 1.807) is 16.7 Å². The van der Waals surface area contributed by atoms with E-state index in [0.717, 1.165) is 47.8 Å². The van der Waals surface area contributed by atoms with Gasteiger partial charge in [-0.1, -0.05) is 0 Å². The Morgan fingerprint density at radius 3 is 2.25 bits per heavy atom.